The van der Waals surface area contributed by atoms with E-state index in [1.54, 1.807) is 0 Å². The highest BCUT2D eigenvalue weighted by atomic mass is 15.2. The van der Waals surface area contributed by atoms with Crippen LogP contribution in [0, 0.1) is 0 Å². The Morgan fingerprint density at radius 1 is 1.50 bits per heavy atom. The molecular formula is C4H12N2+. The van der Waals surface area contributed by atoms with Crippen LogP contribution >= 0.6 is 0 Å². The van der Waals surface area contributed by atoms with Crippen molar-refractivity contribution in [1.82, 2.24) is 4.90 Å². The number of rotatable bonds is 1. The summed E-state index contributed by atoms with van der Waals surface area (Å²) in [6, 6.07) is 0. The summed E-state index contributed by atoms with van der Waals surface area (Å²) in [6.45, 7) is 1.94. The highest BCUT2D eigenvalue weighted by molar-refractivity contribution is 4.50. The monoisotopic (exact) mass is 88.1 g/mol. The Morgan fingerprint density at radius 2 is 1.67 bits per heavy atom. The maximum Gasteiger partial charge on any atom is 0.180 e. The molecule has 0 fully saturated rings. The molecule has 0 aromatic rings. The van der Waals surface area contributed by atoms with E-state index in [0.717, 1.165) is 0 Å². The lowest BCUT2D eigenvalue weighted by molar-refractivity contribution is 0.455. The lowest BCUT2D eigenvalue weighted by atomic mass is 10.6. The van der Waals surface area contributed by atoms with Crippen molar-refractivity contribution in [2.24, 2.45) is 5.73 Å². The van der Waals surface area contributed by atoms with E-state index in [9.17, 15) is 0 Å². The first-order chi connectivity index (χ1) is 2.64. The van der Waals surface area contributed by atoms with Crippen LogP contribution < -0.4 is 10.6 Å². The van der Waals surface area contributed by atoms with E-state index in [0.29, 0.717) is 0 Å². The standard InChI is InChI=1S/C4H12N2/c1-4(5)6(2)3/h4H,5H2,1-3H3/q+1. The summed E-state index contributed by atoms with van der Waals surface area (Å²) in [5, 5.41) is 0. The average molecular weight is 88.2 g/mol. The quantitative estimate of drug-likeness (QED) is 0.346. The summed E-state index contributed by atoms with van der Waals surface area (Å²) in [6.07, 6.45) is 0.185. The summed E-state index contributed by atoms with van der Waals surface area (Å²) < 4.78 is 0. The molecule has 2 N–H and O–H groups in total. The van der Waals surface area contributed by atoms with Crippen molar-refractivity contribution >= 4 is 0 Å². The predicted octanol–water partition coefficient (Wildman–Crippen LogP) is -0.309. The second-order valence-corrected chi connectivity index (χ2v) is 1.70. The molecule has 1 unspecified atom stereocenters. The van der Waals surface area contributed by atoms with Gasteiger partial charge < -0.3 is 0 Å². The van der Waals surface area contributed by atoms with E-state index in [1.165, 1.54) is 0 Å². The largest absolute Gasteiger partial charge is 0.278 e. The van der Waals surface area contributed by atoms with E-state index in [4.69, 9.17) is 5.73 Å². The van der Waals surface area contributed by atoms with Crippen LogP contribution in [0.5, 0.6) is 0 Å². The zero-order valence-corrected chi connectivity index (χ0v) is 4.60. The minimum Gasteiger partial charge on any atom is -0.278 e. The molecule has 0 aliphatic heterocycles. The van der Waals surface area contributed by atoms with Gasteiger partial charge in [-0.05, 0) is 0 Å². The van der Waals surface area contributed by atoms with Gasteiger partial charge in [0.25, 0.3) is 0 Å². The number of nitrogens with two attached hydrogens (primary N) is 1. The molecule has 0 spiro atoms. The minimum atomic E-state index is 0.185. The van der Waals surface area contributed by atoms with Crippen molar-refractivity contribution in [3.05, 3.63) is 0 Å². The maximum atomic E-state index is 5.36. The van der Waals surface area contributed by atoms with Crippen LogP contribution in [0.25, 0.3) is 0 Å². The SMILES string of the molecule is CC(N)[N+](C)C. The minimum absolute atomic E-state index is 0.185. The summed E-state index contributed by atoms with van der Waals surface area (Å²) in [4.78, 5) is 1.94. The van der Waals surface area contributed by atoms with Crippen molar-refractivity contribution in [1.29, 1.82) is 0 Å². The molecule has 0 heterocycles. The smallest absolute Gasteiger partial charge is 0.180 e. The Labute approximate surface area is 38.9 Å². The molecule has 0 aliphatic rings. The summed E-state index contributed by atoms with van der Waals surface area (Å²) >= 11 is 0. The molecular weight excluding hydrogens is 76.1 g/mol. The first kappa shape index (κ1) is 5.92. The van der Waals surface area contributed by atoms with Gasteiger partial charge in [0, 0.05) is 6.92 Å². The van der Waals surface area contributed by atoms with Crippen molar-refractivity contribution < 1.29 is 0 Å². The lowest BCUT2D eigenvalue weighted by Gasteiger charge is -2.00. The summed E-state index contributed by atoms with van der Waals surface area (Å²) in [7, 11) is 3.90. The van der Waals surface area contributed by atoms with E-state index in [-0.39, 0.29) is 6.17 Å². The third-order valence-corrected chi connectivity index (χ3v) is 0.815. The van der Waals surface area contributed by atoms with Crippen LogP contribution in [0.1, 0.15) is 6.92 Å². The molecule has 6 heavy (non-hydrogen) atoms. The molecule has 0 saturated carbocycles. The zero-order valence-electron chi connectivity index (χ0n) is 4.60. The highest BCUT2D eigenvalue weighted by Crippen LogP contribution is 1.70. The molecule has 0 amide bonds. The van der Waals surface area contributed by atoms with E-state index in [2.05, 4.69) is 0 Å². The normalized spacial score (nSPS) is 15.5. The van der Waals surface area contributed by atoms with Gasteiger partial charge in [-0.25, -0.2) is 0 Å². The molecule has 1 radical (unpaired) electrons. The molecule has 0 aromatic heterocycles. The fraction of sp³-hybridized carbons (Fsp3) is 1.00. The fourth-order valence-corrected chi connectivity index (χ4v) is 0. The fourth-order valence-electron chi connectivity index (χ4n) is 0. The van der Waals surface area contributed by atoms with Crippen molar-refractivity contribution in [2.45, 2.75) is 13.1 Å². The number of nitrogens with zero attached hydrogens (tertiary/aromatic N) is 1. The Morgan fingerprint density at radius 3 is 1.67 bits per heavy atom. The van der Waals surface area contributed by atoms with Gasteiger partial charge in [0.1, 0.15) is 14.1 Å². The average Bonchev–Trinajstić information content (AvgIpc) is 1.36. The number of hydrogen-bond acceptors (Lipinski definition) is 2. The summed E-state index contributed by atoms with van der Waals surface area (Å²) in [5.74, 6) is 0. The zero-order chi connectivity index (χ0) is 5.15. The molecule has 37 valence electrons. The van der Waals surface area contributed by atoms with E-state index in [1.807, 2.05) is 25.9 Å². The van der Waals surface area contributed by atoms with E-state index >= 15 is 0 Å². The van der Waals surface area contributed by atoms with Crippen molar-refractivity contribution in [3.63, 3.8) is 0 Å². The molecule has 1 atom stereocenters. The van der Waals surface area contributed by atoms with Gasteiger partial charge in [0.15, 0.2) is 6.17 Å². The topological polar surface area (TPSA) is 31.9 Å². The second-order valence-electron chi connectivity index (χ2n) is 1.70. The molecule has 0 bridgehead atoms. The third kappa shape index (κ3) is 2.18. The maximum absolute atomic E-state index is 5.36. The predicted molar refractivity (Wildman–Crippen MR) is 27.6 cm³/mol. The van der Waals surface area contributed by atoms with Gasteiger partial charge in [-0.2, -0.15) is 4.90 Å². The Kier molecular flexibility index (Phi) is 2.13. The Bertz CT molecular complexity index is 26.5. The Balaban J connectivity index is 2.99. The Hall–Kier alpha value is -0.0800. The first-order valence-electron chi connectivity index (χ1n) is 2.06. The van der Waals surface area contributed by atoms with Gasteiger partial charge in [0.2, 0.25) is 0 Å². The number of hydrogen-bond donors (Lipinski definition) is 1. The van der Waals surface area contributed by atoms with Gasteiger partial charge in [-0.15, -0.1) is 0 Å². The molecule has 0 aromatic carbocycles. The highest BCUT2D eigenvalue weighted by Gasteiger charge is 2.01. The van der Waals surface area contributed by atoms with Crippen LogP contribution in [0.15, 0.2) is 0 Å². The van der Waals surface area contributed by atoms with Gasteiger partial charge in [-0.1, -0.05) is 0 Å². The lowest BCUT2D eigenvalue weighted by Crippen LogP contribution is -2.37. The van der Waals surface area contributed by atoms with Crippen molar-refractivity contribution in [2.75, 3.05) is 14.1 Å². The van der Waals surface area contributed by atoms with Gasteiger partial charge in [0.05, 0.1) is 0 Å². The van der Waals surface area contributed by atoms with Crippen LogP contribution in [-0.4, -0.2) is 20.3 Å². The van der Waals surface area contributed by atoms with Crippen molar-refractivity contribution in [3.8, 4) is 0 Å². The van der Waals surface area contributed by atoms with Gasteiger partial charge in [-0.3, -0.25) is 5.73 Å². The van der Waals surface area contributed by atoms with Gasteiger partial charge >= 0.3 is 0 Å². The van der Waals surface area contributed by atoms with Crippen LogP contribution in [0.3, 0.4) is 0 Å². The van der Waals surface area contributed by atoms with Crippen LogP contribution in [0.2, 0.25) is 0 Å². The molecule has 2 nitrogen and oxygen atoms in total. The first-order valence-corrected chi connectivity index (χ1v) is 2.06. The molecule has 2 heteroatoms. The van der Waals surface area contributed by atoms with E-state index < -0.39 is 0 Å². The molecule has 0 saturated heterocycles. The molecule has 0 rings (SSSR count). The molecule has 0 aliphatic carbocycles. The summed E-state index contributed by atoms with van der Waals surface area (Å²) in [5.41, 5.74) is 5.36. The second kappa shape index (κ2) is 2.16. The third-order valence-electron chi connectivity index (χ3n) is 0.815. The van der Waals surface area contributed by atoms with Crippen LogP contribution in [-0.2, 0) is 0 Å². The van der Waals surface area contributed by atoms with Crippen LogP contribution in [0.4, 0.5) is 0 Å².